The Kier molecular flexibility index (Phi) is 13.2. The lowest BCUT2D eigenvalue weighted by molar-refractivity contribution is -0.139. The average molecular weight is 609 g/mol. The number of piperidine rings is 1. The van der Waals surface area contributed by atoms with E-state index in [0.717, 1.165) is 24.0 Å². The molecular weight excluding hydrogens is 556 g/mol. The lowest BCUT2D eigenvalue weighted by Crippen LogP contribution is -2.55. The smallest absolute Gasteiger partial charge is 0.407 e. The van der Waals surface area contributed by atoms with Crippen LogP contribution in [-0.2, 0) is 27.2 Å². The molecule has 1 fully saturated rings. The summed E-state index contributed by atoms with van der Waals surface area (Å²) in [5.74, 6) is -1.12. The van der Waals surface area contributed by atoms with Crippen molar-refractivity contribution in [1.82, 2.24) is 20.9 Å². The molecule has 4 N–H and O–H groups in total. The molecule has 3 rings (SSSR count). The molecule has 3 amide bonds. The molecule has 1 saturated heterocycles. The van der Waals surface area contributed by atoms with Gasteiger partial charge >= 0.3 is 6.09 Å². The number of aliphatic hydroxyl groups excluding tert-OH is 1. The molecule has 9 heteroatoms. The van der Waals surface area contributed by atoms with Gasteiger partial charge in [-0.25, -0.2) is 4.79 Å². The first-order chi connectivity index (χ1) is 20.9. The summed E-state index contributed by atoms with van der Waals surface area (Å²) in [6.45, 7) is 10.5. The third-order valence-electron chi connectivity index (χ3n) is 8.13. The summed E-state index contributed by atoms with van der Waals surface area (Å²) in [4.78, 5) is 42.2. The SMILES string of the molecule is CNC1CCN(C(=O)C(NC(=O)C(Cc2ccccc2)CC(O)C(Cc2ccccc2)NC(=O)OC(C)(C)C)C(C)C)CC1. The van der Waals surface area contributed by atoms with Crippen LogP contribution in [0.5, 0.6) is 0 Å². The van der Waals surface area contributed by atoms with Crippen molar-refractivity contribution in [3.63, 3.8) is 0 Å². The van der Waals surface area contributed by atoms with E-state index in [0.29, 0.717) is 32.0 Å². The minimum atomic E-state index is -1.06. The number of hydrogen-bond donors (Lipinski definition) is 4. The van der Waals surface area contributed by atoms with Crippen LogP contribution in [0.4, 0.5) is 4.79 Å². The zero-order chi connectivity index (χ0) is 32.3. The van der Waals surface area contributed by atoms with Gasteiger partial charge in [0.15, 0.2) is 0 Å². The Labute approximate surface area is 263 Å². The Morgan fingerprint density at radius 1 is 0.909 bits per heavy atom. The number of ether oxygens (including phenoxy) is 1. The summed E-state index contributed by atoms with van der Waals surface area (Å²) < 4.78 is 5.49. The first-order valence-corrected chi connectivity index (χ1v) is 15.9. The first-order valence-electron chi connectivity index (χ1n) is 15.9. The second-order valence-electron chi connectivity index (χ2n) is 13.3. The molecule has 1 aliphatic rings. The fraction of sp³-hybridized carbons (Fsp3) is 0.571. The quantitative estimate of drug-likeness (QED) is 0.272. The number of benzene rings is 2. The fourth-order valence-electron chi connectivity index (χ4n) is 5.62. The fourth-order valence-corrected chi connectivity index (χ4v) is 5.62. The average Bonchev–Trinajstić information content (AvgIpc) is 2.98. The molecule has 0 aromatic heterocycles. The van der Waals surface area contributed by atoms with E-state index in [1.807, 2.05) is 86.5 Å². The molecule has 2 aromatic rings. The molecular formula is C35H52N4O5. The third-order valence-corrected chi connectivity index (χ3v) is 8.13. The number of nitrogens with one attached hydrogen (secondary N) is 3. The normalized spacial score (nSPS) is 17.0. The van der Waals surface area contributed by atoms with Crippen molar-refractivity contribution in [2.45, 2.75) is 96.6 Å². The maximum absolute atomic E-state index is 14.0. The molecule has 1 aliphatic heterocycles. The molecule has 44 heavy (non-hydrogen) atoms. The minimum Gasteiger partial charge on any atom is -0.444 e. The number of rotatable bonds is 13. The van der Waals surface area contributed by atoms with Gasteiger partial charge in [0.25, 0.3) is 0 Å². The third kappa shape index (κ3) is 11.2. The monoisotopic (exact) mass is 608 g/mol. The summed E-state index contributed by atoms with van der Waals surface area (Å²) >= 11 is 0. The van der Waals surface area contributed by atoms with Crippen molar-refractivity contribution < 1.29 is 24.2 Å². The topological polar surface area (TPSA) is 120 Å². The zero-order valence-corrected chi connectivity index (χ0v) is 27.2. The first kappa shape index (κ1) is 35.1. The van der Waals surface area contributed by atoms with E-state index in [-0.39, 0.29) is 24.2 Å². The zero-order valence-electron chi connectivity index (χ0n) is 27.2. The van der Waals surface area contributed by atoms with Crippen LogP contribution in [0.2, 0.25) is 0 Å². The lowest BCUT2D eigenvalue weighted by Gasteiger charge is -2.36. The molecule has 1 heterocycles. The molecule has 0 bridgehead atoms. The van der Waals surface area contributed by atoms with E-state index in [2.05, 4.69) is 16.0 Å². The number of nitrogens with zero attached hydrogens (tertiary/aromatic N) is 1. The lowest BCUT2D eigenvalue weighted by atomic mass is 9.88. The predicted molar refractivity (Wildman–Crippen MR) is 173 cm³/mol. The number of carbonyl (C=O) groups excluding carboxylic acids is 3. The van der Waals surface area contributed by atoms with Crippen molar-refractivity contribution in [1.29, 1.82) is 0 Å². The molecule has 0 spiro atoms. The molecule has 4 atom stereocenters. The van der Waals surface area contributed by atoms with E-state index in [4.69, 9.17) is 4.74 Å². The van der Waals surface area contributed by atoms with Gasteiger partial charge in [-0.15, -0.1) is 0 Å². The molecule has 242 valence electrons. The Morgan fingerprint density at radius 2 is 1.45 bits per heavy atom. The highest BCUT2D eigenvalue weighted by molar-refractivity contribution is 5.89. The largest absolute Gasteiger partial charge is 0.444 e. The van der Waals surface area contributed by atoms with Gasteiger partial charge in [-0.1, -0.05) is 74.5 Å². The van der Waals surface area contributed by atoms with E-state index < -0.39 is 35.8 Å². The maximum Gasteiger partial charge on any atom is 0.407 e. The van der Waals surface area contributed by atoms with Crippen molar-refractivity contribution in [3.05, 3.63) is 71.8 Å². The molecule has 4 unspecified atom stereocenters. The van der Waals surface area contributed by atoms with Crippen molar-refractivity contribution in [2.75, 3.05) is 20.1 Å². The Balaban J connectivity index is 1.81. The van der Waals surface area contributed by atoms with Gasteiger partial charge in [0.05, 0.1) is 12.1 Å². The number of hydrogen-bond acceptors (Lipinski definition) is 6. The molecule has 0 radical (unpaired) electrons. The minimum absolute atomic E-state index is 0.0736. The summed E-state index contributed by atoms with van der Waals surface area (Å²) in [5.41, 5.74) is 1.17. The number of amides is 3. The van der Waals surface area contributed by atoms with Crippen LogP contribution in [0.25, 0.3) is 0 Å². The Morgan fingerprint density at radius 3 is 1.95 bits per heavy atom. The maximum atomic E-state index is 14.0. The van der Waals surface area contributed by atoms with Crippen LogP contribution in [0.3, 0.4) is 0 Å². The van der Waals surface area contributed by atoms with Crippen molar-refractivity contribution in [2.24, 2.45) is 11.8 Å². The summed E-state index contributed by atoms with van der Waals surface area (Å²) in [7, 11) is 1.94. The molecule has 0 aliphatic carbocycles. The number of likely N-dealkylation sites (tertiary alicyclic amines) is 1. The van der Waals surface area contributed by atoms with Crippen LogP contribution >= 0.6 is 0 Å². The molecule has 0 saturated carbocycles. The van der Waals surface area contributed by atoms with Crippen molar-refractivity contribution >= 4 is 17.9 Å². The van der Waals surface area contributed by atoms with E-state index >= 15 is 0 Å². The van der Waals surface area contributed by atoms with Crippen molar-refractivity contribution in [3.8, 4) is 0 Å². The van der Waals surface area contributed by atoms with E-state index in [1.165, 1.54) is 0 Å². The molecule has 2 aromatic carbocycles. The second-order valence-corrected chi connectivity index (χ2v) is 13.3. The van der Waals surface area contributed by atoms with Gasteiger partial charge in [-0.05, 0) is 77.0 Å². The summed E-state index contributed by atoms with van der Waals surface area (Å²) in [6, 6.07) is 18.2. The highest BCUT2D eigenvalue weighted by Gasteiger charge is 2.35. The number of alkyl carbamates (subject to hydrolysis) is 1. The predicted octanol–water partition coefficient (Wildman–Crippen LogP) is 4.08. The van der Waals surface area contributed by atoms with E-state index in [9.17, 15) is 19.5 Å². The summed E-state index contributed by atoms with van der Waals surface area (Å²) in [5, 5.41) is 20.8. The van der Waals surface area contributed by atoms with Crippen LogP contribution in [0, 0.1) is 11.8 Å². The highest BCUT2D eigenvalue weighted by Crippen LogP contribution is 2.21. The Bertz CT molecular complexity index is 1180. The Hall–Kier alpha value is -3.43. The van der Waals surface area contributed by atoms with E-state index in [1.54, 1.807) is 20.8 Å². The van der Waals surface area contributed by atoms with Crippen LogP contribution in [0.15, 0.2) is 60.7 Å². The van der Waals surface area contributed by atoms with Crippen LogP contribution < -0.4 is 16.0 Å². The van der Waals surface area contributed by atoms with Gasteiger partial charge in [0, 0.05) is 25.0 Å². The van der Waals surface area contributed by atoms with Gasteiger partial charge in [0.1, 0.15) is 11.6 Å². The van der Waals surface area contributed by atoms with Crippen LogP contribution in [-0.4, -0.2) is 77.9 Å². The molecule has 9 nitrogen and oxygen atoms in total. The number of aliphatic hydroxyl groups is 1. The van der Waals surface area contributed by atoms with Gasteiger partial charge < -0.3 is 30.7 Å². The number of carbonyl (C=O) groups is 3. The highest BCUT2D eigenvalue weighted by atomic mass is 16.6. The standard InChI is InChI=1S/C35H52N4O5/c1-24(2)31(33(42)39-19-17-28(36-6)18-20-39)38-32(41)27(21-25-13-9-7-10-14-25)23-30(40)29(22-26-15-11-8-12-16-26)37-34(43)44-35(3,4)5/h7-16,24,27-31,36,40H,17-23H2,1-6H3,(H,37,43)(H,38,41). The van der Waals surface area contributed by atoms with Gasteiger partial charge in [-0.2, -0.15) is 0 Å². The second kappa shape index (κ2) is 16.6. The van der Waals surface area contributed by atoms with Crippen LogP contribution in [0.1, 0.15) is 65.0 Å². The van der Waals surface area contributed by atoms with Gasteiger partial charge in [0.2, 0.25) is 11.8 Å². The summed E-state index contributed by atoms with van der Waals surface area (Å²) in [6.07, 6.45) is 0.872. The van der Waals surface area contributed by atoms with Gasteiger partial charge in [-0.3, -0.25) is 9.59 Å².